The SMILES string of the molecule is O=C(O)CCN(CCCN(CCCNCC(=O)O)CC(=O)O)CC(=O)O. The van der Waals surface area contributed by atoms with Gasteiger partial charge in [-0.15, -0.1) is 0 Å². The summed E-state index contributed by atoms with van der Waals surface area (Å²) in [5.74, 6) is -4.02. The fourth-order valence-corrected chi connectivity index (χ4v) is 2.32. The number of rotatable bonds is 17. The zero-order valence-corrected chi connectivity index (χ0v) is 14.6. The monoisotopic (exact) mass is 377 g/mol. The fraction of sp³-hybridized carbons (Fsp3) is 0.733. The van der Waals surface area contributed by atoms with Gasteiger partial charge in [-0.3, -0.25) is 29.0 Å². The molecular weight excluding hydrogens is 350 g/mol. The van der Waals surface area contributed by atoms with E-state index in [4.69, 9.17) is 20.4 Å². The zero-order chi connectivity index (χ0) is 19.9. The molecule has 0 aromatic heterocycles. The number of hydrogen-bond acceptors (Lipinski definition) is 7. The lowest BCUT2D eigenvalue weighted by Crippen LogP contribution is -2.37. The Labute approximate surface area is 151 Å². The van der Waals surface area contributed by atoms with Crippen LogP contribution in [-0.2, 0) is 19.2 Å². The number of nitrogens with one attached hydrogen (secondary N) is 1. The van der Waals surface area contributed by atoms with Crippen LogP contribution in [0, 0.1) is 0 Å². The van der Waals surface area contributed by atoms with Crippen molar-refractivity contribution >= 4 is 23.9 Å². The molecule has 0 rings (SSSR count). The van der Waals surface area contributed by atoms with Crippen molar-refractivity contribution < 1.29 is 39.6 Å². The quantitative estimate of drug-likeness (QED) is 0.191. The minimum absolute atomic E-state index is 0.111. The first kappa shape index (κ1) is 23.8. The molecule has 5 N–H and O–H groups in total. The van der Waals surface area contributed by atoms with Crippen LogP contribution in [0.5, 0.6) is 0 Å². The molecule has 0 spiro atoms. The summed E-state index contributed by atoms with van der Waals surface area (Å²) in [4.78, 5) is 45.9. The average Bonchev–Trinajstić information content (AvgIpc) is 2.50. The molecule has 0 radical (unpaired) electrons. The van der Waals surface area contributed by atoms with Gasteiger partial charge in [-0.25, -0.2) is 0 Å². The third-order valence-corrected chi connectivity index (χ3v) is 3.41. The maximum absolute atomic E-state index is 10.9. The smallest absolute Gasteiger partial charge is 0.317 e. The summed E-state index contributed by atoms with van der Waals surface area (Å²) >= 11 is 0. The molecule has 26 heavy (non-hydrogen) atoms. The van der Waals surface area contributed by atoms with E-state index in [1.165, 1.54) is 4.90 Å². The van der Waals surface area contributed by atoms with Crippen molar-refractivity contribution in [2.75, 3.05) is 52.4 Å². The summed E-state index contributed by atoms with van der Waals surface area (Å²) in [7, 11) is 0. The highest BCUT2D eigenvalue weighted by Crippen LogP contribution is 1.99. The van der Waals surface area contributed by atoms with Gasteiger partial charge in [0.15, 0.2) is 0 Å². The molecule has 0 saturated carbocycles. The van der Waals surface area contributed by atoms with Crippen LogP contribution in [0.25, 0.3) is 0 Å². The van der Waals surface area contributed by atoms with Gasteiger partial charge in [0, 0.05) is 6.54 Å². The summed E-state index contributed by atoms with van der Waals surface area (Å²) in [5, 5.41) is 37.7. The maximum atomic E-state index is 10.9. The lowest BCUT2D eigenvalue weighted by atomic mass is 10.3. The largest absolute Gasteiger partial charge is 0.481 e. The number of hydrogen-bond donors (Lipinski definition) is 5. The van der Waals surface area contributed by atoms with Gasteiger partial charge in [0.25, 0.3) is 0 Å². The molecule has 0 aliphatic carbocycles. The molecule has 0 heterocycles. The molecule has 0 saturated heterocycles. The van der Waals surface area contributed by atoms with Crippen LogP contribution in [-0.4, -0.2) is 106 Å². The summed E-state index contributed by atoms with van der Waals surface area (Å²) < 4.78 is 0. The molecule has 0 aromatic rings. The first-order chi connectivity index (χ1) is 12.2. The Kier molecular flexibility index (Phi) is 12.8. The minimum Gasteiger partial charge on any atom is -0.481 e. The summed E-state index contributed by atoms with van der Waals surface area (Å²) in [5.41, 5.74) is 0. The van der Waals surface area contributed by atoms with Gasteiger partial charge in [0.05, 0.1) is 26.1 Å². The second kappa shape index (κ2) is 14.0. The van der Waals surface area contributed by atoms with E-state index in [0.29, 0.717) is 39.0 Å². The molecule has 0 aliphatic rings. The average molecular weight is 377 g/mol. The van der Waals surface area contributed by atoms with E-state index in [1.54, 1.807) is 4.90 Å². The highest BCUT2D eigenvalue weighted by molar-refractivity contribution is 5.70. The Hall–Kier alpha value is -2.24. The van der Waals surface area contributed by atoms with E-state index < -0.39 is 23.9 Å². The van der Waals surface area contributed by atoms with Crippen molar-refractivity contribution in [2.45, 2.75) is 19.3 Å². The number of carbonyl (C=O) groups is 4. The first-order valence-electron chi connectivity index (χ1n) is 8.23. The third kappa shape index (κ3) is 15.3. The lowest BCUT2D eigenvalue weighted by Gasteiger charge is -2.23. The molecule has 11 nitrogen and oxygen atoms in total. The van der Waals surface area contributed by atoms with Crippen molar-refractivity contribution in [3.05, 3.63) is 0 Å². The molecule has 0 aromatic carbocycles. The van der Waals surface area contributed by atoms with Crippen molar-refractivity contribution in [1.82, 2.24) is 15.1 Å². The highest BCUT2D eigenvalue weighted by atomic mass is 16.4. The van der Waals surface area contributed by atoms with Gasteiger partial charge in [-0.2, -0.15) is 0 Å². The highest BCUT2D eigenvalue weighted by Gasteiger charge is 2.14. The van der Waals surface area contributed by atoms with Crippen LogP contribution in [0.4, 0.5) is 0 Å². The summed E-state index contributed by atoms with van der Waals surface area (Å²) in [6.45, 7) is 1.14. The second-order valence-electron chi connectivity index (χ2n) is 5.76. The van der Waals surface area contributed by atoms with Gasteiger partial charge in [0.2, 0.25) is 0 Å². The summed E-state index contributed by atoms with van der Waals surface area (Å²) in [6, 6.07) is 0. The van der Waals surface area contributed by atoms with E-state index in [2.05, 4.69) is 5.32 Å². The number of nitrogens with zero attached hydrogens (tertiary/aromatic N) is 2. The van der Waals surface area contributed by atoms with Gasteiger partial charge in [0.1, 0.15) is 0 Å². The Morgan fingerprint density at radius 3 is 1.62 bits per heavy atom. The molecule has 0 atom stereocenters. The van der Waals surface area contributed by atoms with Crippen molar-refractivity contribution in [1.29, 1.82) is 0 Å². The van der Waals surface area contributed by atoms with Gasteiger partial charge in [-0.05, 0) is 39.0 Å². The molecule has 0 fully saturated rings. The van der Waals surface area contributed by atoms with Crippen molar-refractivity contribution in [3.8, 4) is 0 Å². The van der Waals surface area contributed by atoms with Gasteiger partial charge < -0.3 is 25.7 Å². The normalized spacial score (nSPS) is 11.0. The van der Waals surface area contributed by atoms with Crippen LogP contribution in [0.2, 0.25) is 0 Å². The molecule has 0 bridgehead atoms. The maximum Gasteiger partial charge on any atom is 0.317 e. The van der Waals surface area contributed by atoms with Gasteiger partial charge >= 0.3 is 23.9 Å². The van der Waals surface area contributed by atoms with Crippen LogP contribution in [0.15, 0.2) is 0 Å². The lowest BCUT2D eigenvalue weighted by molar-refractivity contribution is -0.141. The Bertz CT molecular complexity index is 472. The number of aliphatic carboxylic acids is 4. The predicted molar refractivity (Wildman–Crippen MR) is 90.1 cm³/mol. The molecule has 0 aliphatic heterocycles. The van der Waals surface area contributed by atoms with Crippen LogP contribution >= 0.6 is 0 Å². The molecule has 11 heteroatoms. The molecule has 150 valence electrons. The first-order valence-corrected chi connectivity index (χ1v) is 8.23. The molecule has 0 unspecified atom stereocenters. The van der Waals surface area contributed by atoms with E-state index in [0.717, 1.165) is 0 Å². The van der Waals surface area contributed by atoms with E-state index in [1.807, 2.05) is 0 Å². The van der Waals surface area contributed by atoms with Crippen molar-refractivity contribution in [3.63, 3.8) is 0 Å². The number of carboxylic acid groups (broad SMARTS) is 4. The van der Waals surface area contributed by atoms with Crippen LogP contribution < -0.4 is 5.32 Å². The van der Waals surface area contributed by atoms with E-state index >= 15 is 0 Å². The zero-order valence-electron chi connectivity index (χ0n) is 14.6. The predicted octanol–water partition coefficient (Wildman–Crippen LogP) is -1.31. The van der Waals surface area contributed by atoms with Crippen LogP contribution in [0.3, 0.4) is 0 Å². The number of carboxylic acids is 4. The summed E-state index contributed by atoms with van der Waals surface area (Å²) in [6.07, 6.45) is 0.891. The van der Waals surface area contributed by atoms with Crippen molar-refractivity contribution in [2.24, 2.45) is 0 Å². The fourth-order valence-electron chi connectivity index (χ4n) is 2.32. The van der Waals surface area contributed by atoms with E-state index in [-0.39, 0.29) is 32.6 Å². The molecule has 0 amide bonds. The van der Waals surface area contributed by atoms with Gasteiger partial charge in [-0.1, -0.05) is 0 Å². The topological polar surface area (TPSA) is 168 Å². The standard InChI is InChI=1S/C15H27N3O8/c19-12(20)3-8-18(11-15(25)26)7-2-6-17(10-14(23)24)5-1-4-16-9-13(21)22/h16H,1-11H2,(H,19,20)(H,21,22)(H,23,24)(H,25,26). The Morgan fingerprint density at radius 1 is 0.654 bits per heavy atom. The second-order valence-corrected chi connectivity index (χ2v) is 5.76. The third-order valence-electron chi connectivity index (χ3n) is 3.41. The Balaban J connectivity index is 4.28. The molecular formula is C15H27N3O8. The minimum atomic E-state index is -1.05. The van der Waals surface area contributed by atoms with E-state index in [9.17, 15) is 19.2 Å². The Morgan fingerprint density at radius 2 is 1.15 bits per heavy atom. The van der Waals surface area contributed by atoms with Crippen LogP contribution in [0.1, 0.15) is 19.3 Å².